The number of para-hydroxylation sites is 1. The Hall–Kier alpha value is -5.42. The molecule has 10 atom stereocenters. The lowest BCUT2D eigenvalue weighted by Gasteiger charge is -2.27. The minimum Gasteiger partial charge on any atom is -0.480 e. The van der Waals surface area contributed by atoms with E-state index in [2.05, 4.69) is 26.3 Å². The zero-order valence-corrected chi connectivity index (χ0v) is 36.2. The molecule has 2 aliphatic heterocycles. The van der Waals surface area contributed by atoms with E-state index in [4.69, 9.17) is 11.5 Å². The fourth-order valence-corrected chi connectivity index (χ4v) is 8.78. The van der Waals surface area contributed by atoms with Crippen molar-refractivity contribution in [3.63, 3.8) is 0 Å². The molecule has 0 aliphatic carbocycles. The van der Waals surface area contributed by atoms with Crippen molar-refractivity contribution in [1.29, 1.82) is 0 Å². The third kappa shape index (κ3) is 13.3. The van der Waals surface area contributed by atoms with E-state index in [1.54, 1.807) is 38.1 Å². The van der Waals surface area contributed by atoms with Gasteiger partial charge in [-0.1, -0.05) is 45.4 Å². The van der Waals surface area contributed by atoms with Gasteiger partial charge in [-0.25, -0.2) is 4.79 Å². The smallest absolute Gasteiger partial charge is 0.326 e. The molecule has 6 amide bonds. The van der Waals surface area contributed by atoms with Gasteiger partial charge in [0.25, 0.3) is 0 Å². The number of β-amino-alcohol motifs (C(OH)–C–C–N with tert-alkyl or cyclic N) is 1. The first-order chi connectivity index (χ1) is 29.7. The highest BCUT2D eigenvalue weighted by molar-refractivity contribution is 7.99. The van der Waals surface area contributed by atoms with Gasteiger partial charge in [-0.3, -0.25) is 38.4 Å². The number of carboxylic acids is 1. The van der Waals surface area contributed by atoms with Crippen molar-refractivity contribution in [2.24, 2.45) is 35.1 Å². The van der Waals surface area contributed by atoms with Crippen LogP contribution in [0.25, 0.3) is 10.9 Å². The van der Waals surface area contributed by atoms with Crippen LogP contribution in [0.5, 0.6) is 0 Å². The number of hydrogen-bond donors (Lipinski definition) is 11. The summed E-state index contributed by atoms with van der Waals surface area (Å²) in [7, 11) is 0. The number of Topliss-reactive ketones (excluding diaryl/α,β-unsaturated/α-hetero) is 2. The number of carboxylic acid groups (broad SMARTS) is 1. The first-order valence-corrected chi connectivity index (χ1v) is 21.7. The molecule has 3 heterocycles. The number of aromatic amines is 1. The summed E-state index contributed by atoms with van der Waals surface area (Å²) in [4.78, 5) is 124. The summed E-state index contributed by atoms with van der Waals surface area (Å²) >= 11 is 1.04. The highest BCUT2D eigenvalue weighted by Gasteiger charge is 2.43. The van der Waals surface area contributed by atoms with Gasteiger partial charge in [-0.05, 0) is 24.0 Å². The van der Waals surface area contributed by atoms with E-state index >= 15 is 0 Å². The number of nitrogens with one attached hydrogen (secondary N) is 5. The Balaban J connectivity index is 1.76. The van der Waals surface area contributed by atoms with Crippen molar-refractivity contribution in [2.45, 2.75) is 101 Å². The molecular weight excluding hydrogens is 845 g/mol. The first-order valence-electron chi connectivity index (χ1n) is 20.7. The summed E-state index contributed by atoms with van der Waals surface area (Å²) in [6.45, 7) is 2.68. The van der Waals surface area contributed by atoms with Gasteiger partial charge in [0.2, 0.25) is 35.4 Å². The summed E-state index contributed by atoms with van der Waals surface area (Å²) in [5.74, 6) is -11.9. The molecule has 0 saturated carbocycles. The Labute approximate surface area is 367 Å². The van der Waals surface area contributed by atoms with Crippen LogP contribution >= 0.6 is 11.8 Å². The molecule has 21 nitrogen and oxygen atoms in total. The van der Waals surface area contributed by atoms with Crippen molar-refractivity contribution in [3.05, 3.63) is 29.8 Å². The van der Waals surface area contributed by atoms with E-state index in [-0.39, 0.29) is 25.1 Å². The molecule has 22 heteroatoms. The number of aromatic nitrogens is 1. The molecule has 13 N–H and O–H groups in total. The monoisotopic (exact) mass is 902 g/mol. The fourth-order valence-electron chi connectivity index (χ4n) is 7.63. The molecule has 0 spiro atoms. The predicted molar refractivity (Wildman–Crippen MR) is 226 cm³/mol. The molecule has 63 heavy (non-hydrogen) atoms. The number of benzene rings is 1. The molecule has 346 valence electrons. The summed E-state index contributed by atoms with van der Waals surface area (Å²) in [6.07, 6.45) is -4.28. The van der Waals surface area contributed by atoms with Gasteiger partial charge in [-0.15, -0.1) is 11.8 Å². The average Bonchev–Trinajstić information content (AvgIpc) is 3.82. The SMILES string of the molecule is CC[C@H](C)[C@@H]1NC(=O)CNC(=O)[C@@H](CC(=O)[C@@H](N)[C@@H](C)[C@@H](O)CO)Cc2c([nH]c3ccccc23)SC[C@@H](C(=O)C[C@@H](CC(N)=O)C(=O)N2C[C@H](O)C[C@H]2C(=O)O)NC(=O)CNC1=O. The highest BCUT2D eigenvalue weighted by Crippen LogP contribution is 2.34. The number of carbonyl (C=O) groups excluding carboxylic acids is 8. The van der Waals surface area contributed by atoms with Crippen LogP contribution in [0, 0.1) is 23.7 Å². The Morgan fingerprint density at radius 1 is 0.968 bits per heavy atom. The number of carbonyl (C=O) groups is 9. The van der Waals surface area contributed by atoms with Gasteiger partial charge >= 0.3 is 5.97 Å². The van der Waals surface area contributed by atoms with Gasteiger partial charge in [0, 0.05) is 60.7 Å². The van der Waals surface area contributed by atoms with Crippen molar-refractivity contribution in [2.75, 3.05) is 32.0 Å². The van der Waals surface area contributed by atoms with Gasteiger partial charge in [-0.2, -0.15) is 0 Å². The van der Waals surface area contributed by atoms with Crippen LogP contribution < -0.4 is 32.7 Å². The van der Waals surface area contributed by atoms with Gasteiger partial charge in [0.05, 0.1) is 54.9 Å². The number of thioether (sulfide) groups is 1. The van der Waals surface area contributed by atoms with Crippen LogP contribution in [-0.4, -0.2) is 152 Å². The average molecular weight is 903 g/mol. The van der Waals surface area contributed by atoms with E-state index in [1.807, 2.05) is 0 Å². The van der Waals surface area contributed by atoms with E-state index in [1.165, 1.54) is 6.92 Å². The van der Waals surface area contributed by atoms with E-state index in [0.29, 0.717) is 27.9 Å². The molecule has 1 fully saturated rings. The molecule has 1 saturated heterocycles. The number of rotatable bonds is 15. The van der Waals surface area contributed by atoms with Crippen molar-refractivity contribution >= 4 is 75.6 Å². The number of fused-ring (bicyclic) bond motifs is 3. The highest BCUT2D eigenvalue weighted by atomic mass is 32.2. The second-order valence-electron chi connectivity index (χ2n) is 16.3. The molecule has 1 aromatic heterocycles. The van der Waals surface area contributed by atoms with Crippen molar-refractivity contribution in [1.82, 2.24) is 31.2 Å². The zero-order chi connectivity index (χ0) is 46.7. The summed E-state index contributed by atoms with van der Waals surface area (Å²) < 4.78 is 0. The maximum absolute atomic E-state index is 14.2. The molecule has 2 aliphatic rings. The predicted octanol–water partition coefficient (Wildman–Crippen LogP) is -2.55. The van der Waals surface area contributed by atoms with Crippen molar-refractivity contribution in [3.8, 4) is 0 Å². The molecule has 0 bridgehead atoms. The number of primary amides is 1. The number of ketones is 2. The standard InChI is InChI=1S/C41H58N8O13S/c1-4-19(2)36-38(59)45-14-33(56)46-27(29(52)11-22(12-32(42)55)40(60)49-16-23(51)13-28(49)41(61)62)18-63-39-25(24-7-5-6-8-26(24)47-39)9-21(37(58)44-15-34(57)48-36)10-30(53)35(43)20(3)31(54)17-50/h5-8,19-23,27-28,31,35-36,47,50-51,54H,4,9-18,43H2,1-3H3,(H2,42,55)(H,44,58)(H,45,59)(H,46,56)(H,48,57)(H,61,62)/t19-,20-,21+,22-,23+,27-,28-,31-,35-,36-/m0/s1. The molecule has 2 aromatic rings. The fraction of sp³-hybridized carbons (Fsp3) is 0.585. The Kier molecular flexibility index (Phi) is 18.2. The third-order valence-electron chi connectivity index (χ3n) is 11.6. The van der Waals surface area contributed by atoms with Crippen LogP contribution in [0.4, 0.5) is 0 Å². The summed E-state index contributed by atoms with van der Waals surface area (Å²) in [6, 6.07) is 1.70. The number of amides is 6. The lowest BCUT2D eigenvalue weighted by atomic mass is 9.86. The molecular formula is C41H58N8O13S. The lowest BCUT2D eigenvalue weighted by Crippen LogP contribution is -2.55. The number of nitrogens with two attached hydrogens (primary N) is 2. The molecule has 0 radical (unpaired) electrons. The summed E-state index contributed by atoms with van der Waals surface area (Å²) in [5.41, 5.74) is 12.8. The van der Waals surface area contributed by atoms with E-state index < -0.39 is 152 Å². The number of hydrogen-bond acceptors (Lipinski definition) is 14. The van der Waals surface area contributed by atoms with Crippen LogP contribution in [0.3, 0.4) is 0 Å². The quantitative estimate of drug-likeness (QED) is 0.0877. The second-order valence-corrected chi connectivity index (χ2v) is 17.3. The third-order valence-corrected chi connectivity index (χ3v) is 12.8. The van der Waals surface area contributed by atoms with Crippen LogP contribution in [0.2, 0.25) is 0 Å². The Morgan fingerprint density at radius 3 is 2.25 bits per heavy atom. The zero-order valence-electron chi connectivity index (χ0n) is 35.3. The number of aliphatic hydroxyl groups excluding tert-OH is 3. The second kappa shape index (κ2) is 22.8. The van der Waals surface area contributed by atoms with Crippen LogP contribution in [0.15, 0.2) is 29.3 Å². The number of H-pyrrole nitrogens is 1. The van der Waals surface area contributed by atoms with Crippen LogP contribution in [-0.2, 0) is 49.6 Å². The van der Waals surface area contributed by atoms with E-state index in [0.717, 1.165) is 16.7 Å². The molecule has 0 unspecified atom stereocenters. The van der Waals surface area contributed by atoms with Gasteiger partial charge in [0.15, 0.2) is 11.6 Å². The lowest BCUT2D eigenvalue weighted by molar-refractivity contribution is -0.150. The minimum atomic E-state index is -1.47. The minimum absolute atomic E-state index is 0.125. The maximum atomic E-state index is 14.2. The number of aliphatic carboxylic acids is 1. The van der Waals surface area contributed by atoms with Gasteiger partial charge in [0.1, 0.15) is 12.1 Å². The Morgan fingerprint density at radius 2 is 1.62 bits per heavy atom. The van der Waals surface area contributed by atoms with Gasteiger partial charge < -0.3 is 63.0 Å². The maximum Gasteiger partial charge on any atom is 0.326 e. The molecule has 1 aromatic carbocycles. The van der Waals surface area contributed by atoms with Crippen molar-refractivity contribution < 1.29 is 63.6 Å². The van der Waals surface area contributed by atoms with E-state index in [9.17, 15) is 63.6 Å². The summed E-state index contributed by atoms with van der Waals surface area (Å²) in [5, 5.41) is 50.8. The normalized spacial score (nSPS) is 24.2. The first kappa shape index (κ1) is 50.2. The topological polar surface area (TPSA) is 354 Å². The molecule has 4 rings (SSSR count). The number of likely N-dealkylation sites (tertiary alicyclic amines) is 1. The van der Waals surface area contributed by atoms with Crippen LogP contribution in [0.1, 0.15) is 58.4 Å². The Bertz CT molecular complexity index is 2050. The number of aliphatic hydroxyl groups is 3. The largest absolute Gasteiger partial charge is 0.480 e. The number of nitrogens with zero attached hydrogens (tertiary/aromatic N) is 1.